The summed E-state index contributed by atoms with van der Waals surface area (Å²) in [5.41, 5.74) is 5.66. The number of nitrogens with two attached hydrogens (primary N) is 1. The third-order valence-corrected chi connectivity index (χ3v) is 3.65. The van der Waals surface area contributed by atoms with Gasteiger partial charge in [0, 0.05) is 7.05 Å². The number of aliphatic hydroxyl groups excluding tert-OH is 3. The van der Waals surface area contributed by atoms with Crippen LogP contribution in [0.4, 0.5) is 5.82 Å². The van der Waals surface area contributed by atoms with Gasteiger partial charge in [0.2, 0.25) is 0 Å². The number of hydrogen-bond acceptors (Lipinski definition) is 8. The van der Waals surface area contributed by atoms with Crippen LogP contribution >= 0.6 is 0 Å². The summed E-state index contributed by atoms with van der Waals surface area (Å²) in [4.78, 5) is 19.6. The molecule has 0 bridgehead atoms. The van der Waals surface area contributed by atoms with Crippen LogP contribution in [-0.4, -0.2) is 59.3 Å². The fourth-order valence-electron chi connectivity index (χ4n) is 2.37. The highest BCUT2D eigenvalue weighted by molar-refractivity contribution is 5.81. The molecule has 0 radical (unpaired) electrons. The summed E-state index contributed by atoms with van der Waals surface area (Å²) in [6.07, 6.45) is -3.16. The van der Waals surface area contributed by atoms with Crippen LogP contribution in [0.5, 0.6) is 0 Å². The predicted octanol–water partition coefficient (Wildman–Crippen LogP) is -2.68. The van der Waals surface area contributed by atoms with Crippen LogP contribution in [0, 0.1) is 0 Å². The lowest BCUT2D eigenvalue weighted by atomic mass is 10.1. The van der Waals surface area contributed by atoms with Gasteiger partial charge in [-0.1, -0.05) is 0 Å². The van der Waals surface area contributed by atoms with Crippen molar-refractivity contribution in [2.75, 3.05) is 12.3 Å². The van der Waals surface area contributed by atoms with Gasteiger partial charge in [-0.05, 0) is 0 Å². The van der Waals surface area contributed by atoms with Crippen LogP contribution in [-0.2, 0) is 11.8 Å². The van der Waals surface area contributed by atoms with Gasteiger partial charge in [-0.15, -0.1) is 0 Å². The Morgan fingerprint density at radius 1 is 1.43 bits per heavy atom. The molecule has 2 aromatic rings. The fraction of sp³-hybridized carbons (Fsp3) is 0.545. The van der Waals surface area contributed by atoms with E-state index in [9.17, 15) is 15.0 Å². The molecular weight excluding hydrogens is 282 g/mol. The van der Waals surface area contributed by atoms with Crippen LogP contribution in [0.1, 0.15) is 6.23 Å². The number of aromatic nitrogens is 4. The molecule has 2 aromatic heterocycles. The smallest absolute Gasteiger partial charge is 0.350 e. The van der Waals surface area contributed by atoms with Crippen molar-refractivity contribution in [1.29, 1.82) is 0 Å². The van der Waals surface area contributed by atoms with Crippen molar-refractivity contribution in [2.24, 2.45) is 7.05 Å². The molecule has 21 heavy (non-hydrogen) atoms. The third kappa shape index (κ3) is 1.92. The lowest BCUT2D eigenvalue weighted by molar-refractivity contribution is -0.0511. The van der Waals surface area contributed by atoms with Crippen molar-refractivity contribution in [3.8, 4) is 0 Å². The maximum atomic E-state index is 11.7. The molecule has 0 aromatic carbocycles. The molecule has 3 rings (SSSR count). The van der Waals surface area contributed by atoms with E-state index in [1.807, 2.05) is 0 Å². The first-order valence-corrected chi connectivity index (χ1v) is 6.27. The van der Waals surface area contributed by atoms with E-state index < -0.39 is 36.8 Å². The molecule has 0 unspecified atom stereocenters. The Hall–Kier alpha value is -2.01. The van der Waals surface area contributed by atoms with Crippen LogP contribution in [0.15, 0.2) is 11.1 Å². The minimum atomic E-state index is -1.29. The van der Waals surface area contributed by atoms with Crippen molar-refractivity contribution in [2.45, 2.75) is 24.5 Å². The normalized spacial score (nSPS) is 29.3. The van der Waals surface area contributed by atoms with E-state index in [1.54, 1.807) is 0 Å². The molecule has 5 N–H and O–H groups in total. The van der Waals surface area contributed by atoms with Gasteiger partial charge in [0.1, 0.15) is 29.6 Å². The number of fused-ring (bicyclic) bond motifs is 1. The summed E-state index contributed by atoms with van der Waals surface area (Å²) in [5, 5.41) is 28.9. The minimum Gasteiger partial charge on any atom is -0.394 e. The van der Waals surface area contributed by atoms with Crippen molar-refractivity contribution < 1.29 is 20.1 Å². The molecule has 0 aliphatic carbocycles. The van der Waals surface area contributed by atoms with E-state index in [-0.39, 0.29) is 17.0 Å². The number of nitrogen functional groups attached to an aromatic ring is 1. The highest BCUT2D eigenvalue weighted by Crippen LogP contribution is 2.31. The Morgan fingerprint density at radius 3 is 2.76 bits per heavy atom. The first kappa shape index (κ1) is 13.9. The van der Waals surface area contributed by atoms with E-state index in [0.29, 0.717) is 0 Å². The van der Waals surface area contributed by atoms with Crippen LogP contribution < -0.4 is 11.4 Å². The van der Waals surface area contributed by atoms with Gasteiger partial charge in [-0.25, -0.2) is 9.78 Å². The molecule has 1 saturated heterocycles. The summed E-state index contributed by atoms with van der Waals surface area (Å²) in [6, 6.07) is 0. The summed E-state index contributed by atoms with van der Waals surface area (Å²) in [5.74, 6) is 0.135. The molecule has 1 fully saturated rings. The second-order valence-corrected chi connectivity index (χ2v) is 4.89. The molecule has 0 amide bonds. The fourth-order valence-corrected chi connectivity index (χ4v) is 2.37. The molecular formula is C11H15N5O5. The topological polar surface area (TPSA) is 149 Å². The lowest BCUT2D eigenvalue weighted by Gasteiger charge is -2.16. The molecule has 4 atom stereocenters. The van der Waals surface area contributed by atoms with E-state index in [2.05, 4.69) is 9.97 Å². The zero-order chi connectivity index (χ0) is 15.3. The van der Waals surface area contributed by atoms with Gasteiger partial charge in [0.05, 0.1) is 12.9 Å². The molecule has 0 spiro atoms. The Labute approximate surface area is 118 Å². The zero-order valence-corrected chi connectivity index (χ0v) is 11.1. The minimum absolute atomic E-state index is 0.135. The third-order valence-electron chi connectivity index (χ3n) is 3.65. The van der Waals surface area contributed by atoms with Crippen molar-refractivity contribution in [1.82, 2.24) is 19.1 Å². The molecule has 1 aliphatic heterocycles. The molecule has 1 aliphatic rings. The molecule has 0 saturated carbocycles. The second-order valence-electron chi connectivity index (χ2n) is 4.89. The predicted molar refractivity (Wildman–Crippen MR) is 70.2 cm³/mol. The number of ether oxygens (including phenoxy) is 1. The number of anilines is 1. The monoisotopic (exact) mass is 297 g/mol. The van der Waals surface area contributed by atoms with Gasteiger partial charge in [0.25, 0.3) is 0 Å². The number of rotatable bonds is 2. The molecule has 114 valence electrons. The lowest BCUT2D eigenvalue weighted by Crippen LogP contribution is -2.33. The highest BCUT2D eigenvalue weighted by Gasteiger charge is 2.44. The number of hydrogen-bond donors (Lipinski definition) is 4. The Bertz CT molecular complexity index is 740. The average molecular weight is 297 g/mol. The standard InChI is InChI=1S/C11H15N5O5/c1-15-8(12)5-9(14-11(15)20)16(3-13-5)10-7(19)6(18)4(2-17)21-10/h3-4,6-7,10,17-19H,2,12H2,1H3/t4-,6+,7+,10-/m1/s1. The maximum Gasteiger partial charge on any atom is 0.350 e. The Morgan fingerprint density at radius 2 is 2.14 bits per heavy atom. The zero-order valence-electron chi connectivity index (χ0n) is 11.1. The summed E-state index contributed by atoms with van der Waals surface area (Å²) < 4.78 is 7.85. The van der Waals surface area contributed by atoms with Crippen LogP contribution in [0.3, 0.4) is 0 Å². The number of nitrogens with zero attached hydrogens (tertiary/aromatic N) is 4. The summed E-state index contributed by atoms with van der Waals surface area (Å²) in [7, 11) is 1.47. The van der Waals surface area contributed by atoms with E-state index in [0.717, 1.165) is 4.57 Å². The van der Waals surface area contributed by atoms with Gasteiger partial charge < -0.3 is 25.8 Å². The van der Waals surface area contributed by atoms with Gasteiger partial charge in [-0.3, -0.25) is 9.13 Å². The summed E-state index contributed by atoms with van der Waals surface area (Å²) >= 11 is 0. The highest BCUT2D eigenvalue weighted by atomic mass is 16.6. The Balaban J connectivity index is 2.12. The average Bonchev–Trinajstić information content (AvgIpc) is 2.99. The number of imidazole rings is 1. The van der Waals surface area contributed by atoms with Gasteiger partial charge >= 0.3 is 5.69 Å². The van der Waals surface area contributed by atoms with Crippen LogP contribution in [0.25, 0.3) is 11.2 Å². The largest absolute Gasteiger partial charge is 0.394 e. The SMILES string of the molecule is Cn1c(N)c2ncn([C@@H]3O[C@H](CO)[C@H](O)[C@@H]3O)c2nc1=O. The van der Waals surface area contributed by atoms with Gasteiger partial charge in [-0.2, -0.15) is 4.98 Å². The number of aliphatic hydroxyl groups is 3. The van der Waals surface area contributed by atoms with Gasteiger partial charge in [0.15, 0.2) is 11.9 Å². The summed E-state index contributed by atoms with van der Waals surface area (Å²) in [6.45, 7) is -0.446. The van der Waals surface area contributed by atoms with E-state index in [4.69, 9.17) is 15.6 Å². The molecule has 10 heteroatoms. The first-order chi connectivity index (χ1) is 9.95. The van der Waals surface area contributed by atoms with E-state index >= 15 is 0 Å². The maximum absolute atomic E-state index is 11.7. The van der Waals surface area contributed by atoms with Crippen molar-refractivity contribution in [3.63, 3.8) is 0 Å². The van der Waals surface area contributed by atoms with Crippen LogP contribution in [0.2, 0.25) is 0 Å². The van der Waals surface area contributed by atoms with Crippen molar-refractivity contribution >= 4 is 17.0 Å². The quantitative estimate of drug-likeness (QED) is 0.468. The first-order valence-electron chi connectivity index (χ1n) is 6.27. The van der Waals surface area contributed by atoms with Crippen molar-refractivity contribution in [3.05, 3.63) is 16.8 Å². The second kappa shape index (κ2) is 4.77. The van der Waals surface area contributed by atoms with E-state index in [1.165, 1.54) is 17.9 Å². The molecule has 10 nitrogen and oxygen atoms in total. The molecule has 3 heterocycles. The Kier molecular flexibility index (Phi) is 3.17.